The molecule has 0 unspecified atom stereocenters. The Balaban J connectivity index is 2.39. The Morgan fingerprint density at radius 3 is 2.36 bits per heavy atom. The minimum atomic E-state index is -0.778. The van der Waals surface area contributed by atoms with Crippen LogP contribution in [-0.2, 0) is 4.74 Å². The highest BCUT2D eigenvalue weighted by molar-refractivity contribution is 4.82. The number of aliphatic hydroxyl groups excluding tert-OH is 1. The van der Waals surface area contributed by atoms with E-state index in [1.54, 1.807) is 13.8 Å². The van der Waals surface area contributed by atoms with Gasteiger partial charge in [0.2, 0.25) is 0 Å². The van der Waals surface area contributed by atoms with E-state index in [9.17, 15) is 5.11 Å². The molecule has 1 rings (SSSR count). The number of ether oxygens (including phenoxy) is 1. The summed E-state index contributed by atoms with van der Waals surface area (Å²) in [5.74, 6) is 0. The maximum Gasteiger partial charge on any atom is 0.0858 e. The number of rotatable bonds is 1. The van der Waals surface area contributed by atoms with E-state index in [-0.39, 0.29) is 12.2 Å². The van der Waals surface area contributed by atoms with E-state index in [4.69, 9.17) is 9.84 Å². The van der Waals surface area contributed by atoms with Crippen LogP contribution in [0.2, 0.25) is 0 Å². The number of hydrogen-bond acceptors (Lipinski definition) is 3. The lowest BCUT2D eigenvalue weighted by molar-refractivity contribution is -0.136. The van der Waals surface area contributed by atoms with Gasteiger partial charge in [-0.1, -0.05) is 0 Å². The lowest BCUT2D eigenvalue weighted by atomic mass is 9.94. The second kappa shape index (κ2) is 3.09. The summed E-state index contributed by atoms with van der Waals surface area (Å²) in [6.45, 7) is 3.82. The molecule has 2 atom stereocenters. The summed E-state index contributed by atoms with van der Waals surface area (Å²) < 4.78 is 5.25. The molecule has 3 heteroatoms. The molecule has 0 spiro atoms. The van der Waals surface area contributed by atoms with Crippen molar-refractivity contribution in [2.75, 3.05) is 6.61 Å². The predicted octanol–water partition coefficient (Wildman–Crippen LogP) is 0.297. The van der Waals surface area contributed by atoms with E-state index in [0.29, 0.717) is 6.61 Å². The first kappa shape index (κ1) is 8.97. The van der Waals surface area contributed by atoms with Crippen LogP contribution in [0.1, 0.15) is 26.7 Å². The molecule has 0 bridgehead atoms. The molecule has 11 heavy (non-hydrogen) atoms. The highest BCUT2D eigenvalue weighted by Gasteiger charge is 2.31. The van der Waals surface area contributed by atoms with Gasteiger partial charge in [0.05, 0.1) is 24.4 Å². The third kappa shape index (κ3) is 2.43. The van der Waals surface area contributed by atoms with E-state index in [1.807, 2.05) is 0 Å². The number of aliphatic hydroxyl groups is 2. The SMILES string of the molecule is CC(C)(O)[C@@H]1CC[C@@H](O)CO1. The normalized spacial score (nSPS) is 33.8. The highest BCUT2D eigenvalue weighted by Crippen LogP contribution is 2.22. The fraction of sp³-hybridized carbons (Fsp3) is 1.00. The molecule has 1 heterocycles. The molecule has 1 aliphatic heterocycles. The summed E-state index contributed by atoms with van der Waals surface area (Å²) in [5.41, 5.74) is -0.778. The van der Waals surface area contributed by atoms with Gasteiger partial charge in [-0.05, 0) is 26.7 Å². The second-order valence-electron chi connectivity index (χ2n) is 3.71. The average Bonchev–Trinajstić information content (AvgIpc) is 1.86. The summed E-state index contributed by atoms with van der Waals surface area (Å²) in [6, 6.07) is 0. The Bertz CT molecular complexity index is 120. The van der Waals surface area contributed by atoms with Crippen molar-refractivity contribution in [1.82, 2.24) is 0 Å². The third-order valence-corrected chi connectivity index (χ3v) is 2.04. The molecule has 66 valence electrons. The maximum absolute atomic E-state index is 9.52. The molecule has 0 aromatic rings. The summed E-state index contributed by atoms with van der Waals surface area (Å²) >= 11 is 0. The summed E-state index contributed by atoms with van der Waals surface area (Å²) in [6.07, 6.45) is 1.01. The van der Waals surface area contributed by atoms with Gasteiger partial charge in [0.1, 0.15) is 0 Å². The largest absolute Gasteiger partial charge is 0.391 e. The van der Waals surface area contributed by atoms with E-state index in [1.165, 1.54) is 0 Å². The lowest BCUT2D eigenvalue weighted by Crippen LogP contribution is -2.43. The summed E-state index contributed by atoms with van der Waals surface area (Å²) in [7, 11) is 0. The fourth-order valence-electron chi connectivity index (χ4n) is 1.29. The van der Waals surface area contributed by atoms with Crippen LogP contribution in [0.5, 0.6) is 0 Å². The highest BCUT2D eigenvalue weighted by atomic mass is 16.5. The Kier molecular flexibility index (Phi) is 2.52. The van der Waals surface area contributed by atoms with Gasteiger partial charge in [-0.25, -0.2) is 0 Å². The molecule has 2 N–H and O–H groups in total. The van der Waals surface area contributed by atoms with E-state index >= 15 is 0 Å². The van der Waals surface area contributed by atoms with Gasteiger partial charge in [-0.15, -0.1) is 0 Å². The zero-order valence-corrected chi connectivity index (χ0v) is 7.08. The Labute approximate surface area is 67.0 Å². The Morgan fingerprint density at radius 2 is 2.00 bits per heavy atom. The van der Waals surface area contributed by atoms with Gasteiger partial charge in [0.15, 0.2) is 0 Å². The quantitative estimate of drug-likeness (QED) is 0.580. The van der Waals surface area contributed by atoms with Gasteiger partial charge in [0, 0.05) is 0 Å². The van der Waals surface area contributed by atoms with Crippen molar-refractivity contribution >= 4 is 0 Å². The predicted molar refractivity (Wildman–Crippen MR) is 41.3 cm³/mol. The summed E-state index contributed by atoms with van der Waals surface area (Å²) in [5, 5.41) is 18.6. The van der Waals surface area contributed by atoms with Crippen molar-refractivity contribution in [3.8, 4) is 0 Å². The molecule has 0 radical (unpaired) electrons. The fourth-order valence-corrected chi connectivity index (χ4v) is 1.29. The molecule has 0 aromatic carbocycles. The van der Waals surface area contributed by atoms with Crippen molar-refractivity contribution in [3.63, 3.8) is 0 Å². The topological polar surface area (TPSA) is 49.7 Å². The van der Waals surface area contributed by atoms with Crippen LogP contribution in [-0.4, -0.2) is 34.6 Å². The molecule has 0 saturated carbocycles. The van der Waals surface area contributed by atoms with Gasteiger partial charge in [-0.2, -0.15) is 0 Å². The first-order valence-electron chi connectivity index (χ1n) is 4.02. The Morgan fingerprint density at radius 1 is 1.36 bits per heavy atom. The van der Waals surface area contributed by atoms with Crippen LogP contribution >= 0.6 is 0 Å². The van der Waals surface area contributed by atoms with Crippen molar-refractivity contribution in [2.24, 2.45) is 0 Å². The molecule has 0 aromatic heterocycles. The average molecular weight is 160 g/mol. The van der Waals surface area contributed by atoms with Crippen molar-refractivity contribution in [1.29, 1.82) is 0 Å². The van der Waals surface area contributed by atoms with Crippen LogP contribution in [0.4, 0.5) is 0 Å². The smallest absolute Gasteiger partial charge is 0.0858 e. The first-order valence-corrected chi connectivity index (χ1v) is 4.02. The van der Waals surface area contributed by atoms with Crippen molar-refractivity contribution in [3.05, 3.63) is 0 Å². The molecule has 1 fully saturated rings. The second-order valence-corrected chi connectivity index (χ2v) is 3.71. The van der Waals surface area contributed by atoms with Crippen LogP contribution in [0.3, 0.4) is 0 Å². The lowest BCUT2D eigenvalue weighted by Gasteiger charge is -2.34. The van der Waals surface area contributed by atoms with Gasteiger partial charge < -0.3 is 14.9 Å². The molecule has 0 amide bonds. The van der Waals surface area contributed by atoms with Crippen LogP contribution in [0.25, 0.3) is 0 Å². The molecular weight excluding hydrogens is 144 g/mol. The van der Waals surface area contributed by atoms with Crippen molar-refractivity contribution < 1.29 is 14.9 Å². The molecule has 1 aliphatic rings. The van der Waals surface area contributed by atoms with Crippen molar-refractivity contribution in [2.45, 2.75) is 44.5 Å². The zero-order valence-electron chi connectivity index (χ0n) is 7.08. The minimum Gasteiger partial charge on any atom is -0.391 e. The third-order valence-electron chi connectivity index (χ3n) is 2.04. The maximum atomic E-state index is 9.52. The first-order chi connectivity index (χ1) is 5.00. The van der Waals surface area contributed by atoms with Crippen LogP contribution in [0, 0.1) is 0 Å². The minimum absolute atomic E-state index is 0.120. The number of hydrogen-bond donors (Lipinski definition) is 2. The monoisotopic (exact) mass is 160 g/mol. The summed E-state index contributed by atoms with van der Waals surface area (Å²) in [4.78, 5) is 0. The van der Waals surface area contributed by atoms with E-state index in [0.717, 1.165) is 12.8 Å². The van der Waals surface area contributed by atoms with Crippen LogP contribution < -0.4 is 0 Å². The van der Waals surface area contributed by atoms with Gasteiger partial charge in [-0.3, -0.25) is 0 Å². The zero-order chi connectivity index (χ0) is 8.48. The van der Waals surface area contributed by atoms with Gasteiger partial charge >= 0.3 is 0 Å². The molecule has 3 nitrogen and oxygen atoms in total. The van der Waals surface area contributed by atoms with Crippen LogP contribution in [0.15, 0.2) is 0 Å². The molecule has 1 saturated heterocycles. The van der Waals surface area contributed by atoms with E-state index < -0.39 is 5.60 Å². The molecule has 0 aliphatic carbocycles. The standard InChI is InChI=1S/C8H16O3/c1-8(2,10)7-4-3-6(9)5-11-7/h6-7,9-10H,3-5H2,1-2H3/t6-,7+/m1/s1. The molecular formula is C8H16O3. The Hall–Kier alpha value is -0.120. The van der Waals surface area contributed by atoms with Gasteiger partial charge in [0.25, 0.3) is 0 Å². The van der Waals surface area contributed by atoms with E-state index in [2.05, 4.69) is 0 Å².